The van der Waals surface area contributed by atoms with Crippen molar-refractivity contribution in [1.82, 2.24) is 14.9 Å². The SMILES string of the molecule is Cc1ccsc1C(=O)[C@H]1CCCN(Cc2cnc(N)nc2)C1. The molecular formula is C16H20N4OS. The summed E-state index contributed by atoms with van der Waals surface area (Å²) >= 11 is 1.56. The van der Waals surface area contributed by atoms with Crippen LogP contribution in [0.25, 0.3) is 0 Å². The average Bonchev–Trinajstić information content (AvgIpc) is 2.95. The summed E-state index contributed by atoms with van der Waals surface area (Å²) in [5.74, 6) is 0.690. The van der Waals surface area contributed by atoms with E-state index < -0.39 is 0 Å². The molecule has 1 aliphatic heterocycles. The molecule has 3 rings (SSSR count). The molecule has 2 aromatic heterocycles. The van der Waals surface area contributed by atoms with Gasteiger partial charge in [-0.15, -0.1) is 11.3 Å². The Morgan fingerprint density at radius 1 is 1.45 bits per heavy atom. The lowest BCUT2D eigenvalue weighted by Gasteiger charge is -2.31. The molecule has 5 nitrogen and oxygen atoms in total. The summed E-state index contributed by atoms with van der Waals surface area (Å²) in [6, 6.07) is 2.02. The lowest BCUT2D eigenvalue weighted by molar-refractivity contribution is 0.0815. The number of nitrogen functional groups attached to an aromatic ring is 1. The third-order valence-corrected chi connectivity index (χ3v) is 5.12. The molecule has 1 fully saturated rings. The van der Waals surface area contributed by atoms with Crippen LogP contribution in [-0.2, 0) is 6.54 Å². The molecule has 0 aliphatic carbocycles. The Hall–Kier alpha value is -1.79. The topological polar surface area (TPSA) is 72.1 Å². The zero-order valence-corrected chi connectivity index (χ0v) is 13.5. The Labute approximate surface area is 134 Å². The van der Waals surface area contributed by atoms with Gasteiger partial charge in [0.25, 0.3) is 0 Å². The molecule has 1 saturated heterocycles. The van der Waals surface area contributed by atoms with E-state index in [4.69, 9.17) is 5.73 Å². The van der Waals surface area contributed by atoms with Gasteiger partial charge in [0, 0.05) is 37.0 Å². The third kappa shape index (κ3) is 3.34. The zero-order chi connectivity index (χ0) is 15.5. The number of hydrogen-bond acceptors (Lipinski definition) is 6. The number of carbonyl (C=O) groups excluding carboxylic acids is 1. The van der Waals surface area contributed by atoms with Crippen LogP contribution in [0.5, 0.6) is 0 Å². The number of Topliss-reactive ketones (excluding diaryl/α,β-unsaturated/α-hetero) is 1. The first-order valence-electron chi connectivity index (χ1n) is 7.50. The van der Waals surface area contributed by atoms with Crippen molar-refractivity contribution in [2.24, 2.45) is 5.92 Å². The second-order valence-corrected chi connectivity index (χ2v) is 6.74. The quantitative estimate of drug-likeness (QED) is 0.878. The normalized spacial score (nSPS) is 19.2. The van der Waals surface area contributed by atoms with Crippen LogP contribution < -0.4 is 5.73 Å². The number of anilines is 1. The molecule has 0 bridgehead atoms. The molecule has 0 saturated carbocycles. The molecule has 0 unspecified atom stereocenters. The maximum atomic E-state index is 12.7. The van der Waals surface area contributed by atoms with Gasteiger partial charge < -0.3 is 5.73 Å². The third-order valence-electron chi connectivity index (χ3n) is 4.09. The minimum Gasteiger partial charge on any atom is -0.368 e. The Balaban J connectivity index is 1.65. The number of aryl methyl sites for hydroxylation is 1. The molecule has 0 aromatic carbocycles. The monoisotopic (exact) mass is 316 g/mol. The molecule has 0 spiro atoms. The number of likely N-dealkylation sites (tertiary alicyclic amines) is 1. The van der Waals surface area contributed by atoms with Crippen molar-refractivity contribution in [3.05, 3.63) is 39.8 Å². The van der Waals surface area contributed by atoms with E-state index in [0.29, 0.717) is 11.7 Å². The maximum Gasteiger partial charge on any atom is 0.219 e. The van der Waals surface area contributed by atoms with E-state index in [1.807, 2.05) is 18.4 Å². The zero-order valence-electron chi connectivity index (χ0n) is 12.7. The fraction of sp³-hybridized carbons (Fsp3) is 0.438. The highest BCUT2D eigenvalue weighted by molar-refractivity contribution is 7.12. The van der Waals surface area contributed by atoms with Crippen LogP contribution in [0.1, 0.15) is 33.6 Å². The fourth-order valence-corrected chi connectivity index (χ4v) is 3.87. The van der Waals surface area contributed by atoms with Gasteiger partial charge in [-0.05, 0) is 43.3 Å². The summed E-state index contributed by atoms with van der Waals surface area (Å²) in [6.07, 6.45) is 5.55. The highest BCUT2D eigenvalue weighted by Gasteiger charge is 2.28. The van der Waals surface area contributed by atoms with Crippen LogP contribution in [0.4, 0.5) is 5.95 Å². The highest BCUT2D eigenvalue weighted by Crippen LogP contribution is 2.26. The van der Waals surface area contributed by atoms with Gasteiger partial charge in [-0.25, -0.2) is 9.97 Å². The van der Waals surface area contributed by atoms with Crippen LogP contribution in [-0.4, -0.2) is 33.7 Å². The van der Waals surface area contributed by atoms with E-state index in [1.54, 1.807) is 23.7 Å². The van der Waals surface area contributed by atoms with Crippen LogP contribution in [0.15, 0.2) is 23.8 Å². The molecule has 1 aliphatic rings. The summed E-state index contributed by atoms with van der Waals surface area (Å²) in [4.78, 5) is 23.9. The van der Waals surface area contributed by atoms with Gasteiger partial charge in [-0.3, -0.25) is 9.69 Å². The number of piperidine rings is 1. The van der Waals surface area contributed by atoms with E-state index in [9.17, 15) is 4.79 Å². The lowest BCUT2D eigenvalue weighted by Crippen LogP contribution is -2.38. The number of carbonyl (C=O) groups is 1. The van der Waals surface area contributed by atoms with Crippen molar-refractivity contribution in [2.75, 3.05) is 18.8 Å². The minimum absolute atomic E-state index is 0.0980. The van der Waals surface area contributed by atoms with E-state index in [1.165, 1.54) is 0 Å². The molecule has 0 amide bonds. The molecular weight excluding hydrogens is 296 g/mol. The Kier molecular flexibility index (Phi) is 4.49. The first kappa shape index (κ1) is 15.1. The van der Waals surface area contributed by atoms with Gasteiger partial charge in [0.05, 0.1) is 4.88 Å². The van der Waals surface area contributed by atoms with E-state index in [0.717, 1.165) is 48.5 Å². The lowest BCUT2D eigenvalue weighted by atomic mass is 9.92. The Morgan fingerprint density at radius 3 is 2.91 bits per heavy atom. The van der Waals surface area contributed by atoms with Crippen molar-refractivity contribution in [3.8, 4) is 0 Å². The molecule has 2 aromatic rings. The second kappa shape index (κ2) is 6.54. The minimum atomic E-state index is 0.0980. The summed E-state index contributed by atoms with van der Waals surface area (Å²) in [5.41, 5.74) is 7.64. The molecule has 116 valence electrons. The largest absolute Gasteiger partial charge is 0.368 e. The fourth-order valence-electron chi connectivity index (χ4n) is 2.93. The molecule has 6 heteroatoms. The van der Waals surface area contributed by atoms with Crippen LogP contribution in [0.3, 0.4) is 0 Å². The Bertz CT molecular complexity index is 652. The summed E-state index contributed by atoms with van der Waals surface area (Å²) in [7, 11) is 0. The van der Waals surface area contributed by atoms with Crippen molar-refractivity contribution in [3.63, 3.8) is 0 Å². The highest BCUT2D eigenvalue weighted by atomic mass is 32.1. The predicted molar refractivity (Wildman–Crippen MR) is 87.8 cm³/mol. The van der Waals surface area contributed by atoms with Gasteiger partial charge in [-0.2, -0.15) is 0 Å². The van der Waals surface area contributed by atoms with Crippen molar-refractivity contribution in [1.29, 1.82) is 0 Å². The van der Waals surface area contributed by atoms with Crippen LogP contribution in [0, 0.1) is 12.8 Å². The molecule has 2 N–H and O–H groups in total. The smallest absolute Gasteiger partial charge is 0.219 e. The molecule has 1 atom stereocenters. The van der Waals surface area contributed by atoms with E-state index >= 15 is 0 Å². The standard InChI is InChI=1S/C16H20N4OS/c1-11-4-6-22-15(11)14(21)13-3-2-5-20(10-13)9-12-7-18-16(17)19-8-12/h4,6-8,13H,2-3,5,9-10H2,1H3,(H2,17,18,19)/t13-/m0/s1. The molecule has 22 heavy (non-hydrogen) atoms. The van der Waals surface area contributed by atoms with Crippen LogP contribution >= 0.6 is 11.3 Å². The van der Waals surface area contributed by atoms with Gasteiger partial charge >= 0.3 is 0 Å². The Morgan fingerprint density at radius 2 is 2.23 bits per heavy atom. The summed E-state index contributed by atoms with van der Waals surface area (Å²) in [6.45, 7) is 4.60. The first-order chi connectivity index (χ1) is 10.6. The molecule has 3 heterocycles. The number of thiophene rings is 1. The first-order valence-corrected chi connectivity index (χ1v) is 8.38. The predicted octanol–water partition coefficient (Wildman–Crippen LogP) is 2.52. The summed E-state index contributed by atoms with van der Waals surface area (Å²) in [5, 5.41) is 1.99. The van der Waals surface area contributed by atoms with Gasteiger partial charge in [0.15, 0.2) is 5.78 Å². The number of nitrogens with zero attached hydrogens (tertiary/aromatic N) is 3. The second-order valence-electron chi connectivity index (χ2n) is 5.82. The van der Waals surface area contributed by atoms with Crippen LogP contribution in [0.2, 0.25) is 0 Å². The number of ketones is 1. The summed E-state index contributed by atoms with van der Waals surface area (Å²) < 4.78 is 0. The molecule has 0 radical (unpaired) electrons. The van der Waals surface area contributed by atoms with Crippen molar-refractivity contribution in [2.45, 2.75) is 26.3 Å². The maximum absolute atomic E-state index is 12.7. The van der Waals surface area contributed by atoms with Crippen molar-refractivity contribution < 1.29 is 4.79 Å². The number of rotatable bonds is 4. The van der Waals surface area contributed by atoms with Gasteiger partial charge in [0.2, 0.25) is 5.95 Å². The van der Waals surface area contributed by atoms with E-state index in [-0.39, 0.29) is 5.92 Å². The van der Waals surface area contributed by atoms with E-state index in [2.05, 4.69) is 14.9 Å². The number of aromatic nitrogens is 2. The van der Waals surface area contributed by atoms with Crippen molar-refractivity contribution >= 4 is 23.1 Å². The van der Waals surface area contributed by atoms with Gasteiger partial charge in [0.1, 0.15) is 0 Å². The number of hydrogen-bond donors (Lipinski definition) is 1. The number of nitrogens with two attached hydrogens (primary N) is 1. The average molecular weight is 316 g/mol. The van der Waals surface area contributed by atoms with Gasteiger partial charge in [-0.1, -0.05) is 0 Å².